The van der Waals surface area contributed by atoms with Gasteiger partial charge in [0.25, 0.3) is 0 Å². The summed E-state index contributed by atoms with van der Waals surface area (Å²) in [6, 6.07) is 0. The van der Waals surface area contributed by atoms with E-state index < -0.39 is 0 Å². The molecule has 1 saturated carbocycles. The van der Waals surface area contributed by atoms with Crippen molar-refractivity contribution in [1.29, 1.82) is 0 Å². The maximum atomic E-state index is 11.5. The van der Waals surface area contributed by atoms with Crippen LogP contribution < -0.4 is 0 Å². The largest absolute Gasteiger partial charge is 0.466 e. The maximum absolute atomic E-state index is 11.5. The van der Waals surface area contributed by atoms with Crippen molar-refractivity contribution in [2.75, 3.05) is 19.7 Å². The lowest BCUT2D eigenvalue weighted by molar-refractivity contribution is -0.149. The van der Waals surface area contributed by atoms with Crippen molar-refractivity contribution in [1.82, 2.24) is 4.90 Å². The van der Waals surface area contributed by atoms with Gasteiger partial charge in [0.2, 0.25) is 0 Å². The molecule has 20 heavy (non-hydrogen) atoms. The molecule has 110 valence electrons. The minimum absolute atomic E-state index is 0.0199. The second-order valence-electron chi connectivity index (χ2n) is 6.41. The van der Waals surface area contributed by atoms with E-state index in [1.807, 2.05) is 6.92 Å². The molecule has 0 unspecified atom stereocenters. The normalized spacial score (nSPS) is 24.6. The van der Waals surface area contributed by atoms with E-state index in [2.05, 4.69) is 33.0 Å². The molecule has 3 aliphatic rings. The summed E-state index contributed by atoms with van der Waals surface area (Å²) in [5, 5.41) is 0. The van der Waals surface area contributed by atoms with Gasteiger partial charge >= 0.3 is 5.97 Å². The highest BCUT2D eigenvalue weighted by Gasteiger charge is 2.52. The highest BCUT2D eigenvalue weighted by molar-refractivity contribution is 9.11. The molecule has 0 atom stereocenters. The quantitative estimate of drug-likeness (QED) is 0.733. The number of halogens is 1. The lowest BCUT2D eigenvalue weighted by atomic mass is 9.57. The molecule has 2 aliphatic carbocycles. The Morgan fingerprint density at radius 1 is 1.40 bits per heavy atom. The fraction of sp³-hybridized carbons (Fsp3) is 0.688. The molecular formula is C16H22BrNO2. The van der Waals surface area contributed by atoms with Gasteiger partial charge < -0.3 is 9.64 Å². The van der Waals surface area contributed by atoms with Gasteiger partial charge in [-0.15, -0.1) is 0 Å². The van der Waals surface area contributed by atoms with Crippen LogP contribution in [0, 0.1) is 11.3 Å². The number of nitrogens with zero attached hydrogens (tertiary/aromatic N) is 1. The number of allylic oxidation sites excluding steroid dienone is 4. The Hall–Kier alpha value is -0.770. The van der Waals surface area contributed by atoms with E-state index in [9.17, 15) is 4.79 Å². The number of hydrogen-bond acceptors (Lipinski definition) is 3. The average molecular weight is 340 g/mol. The average Bonchev–Trinajstić information content (AvgIpc) is 2.32. The molecule has 0 N–H and O–H groups in total. The molecule has 1 aliphatic heterocycles. The van der Waals surface area contributed by atoms with Gasteiger partial charge in [-0.1, -0.05) is 22.0 Å². The number of rotatable bonds is 4. The Kier molecular flexibility index (Phi) is 3.93. The number of carbonyl (C=O) groups is 1. The van der Waals surface area contributed by atoms with Crippen molar-refractivity contribution in [3.8, 4) is 0 Å². The SMILES string of the molecule is CCOC(=O)CC1CC2(C1)CN(C1=CC=C(Br)CC1)C2. The summed E-state index contributed by atoms with van der Waals surface area (Å²) in [4.78, 5) is 14.0. The Morgan fingerprint density at radius 3 is 2.75 bits per heavy atom. The van der Waals surface area contributed by atoms with Crippen LogP contribution in [0.1, 0.15) is 39.0 Å². The van der Waals surface area contributed by atoms with Gasteiger partial charge in [0.1, 0.15) is 0 Å². The van der Waals surface area contributed by atoms with Crippen LogP contribution in [0.3, 0.4) is 0 Å². The van der Waals surface area contributed by atoms with Crippen molar-refractivity contribution in [2.45, 2.75) is 39.0 Å². The van der Waals surface area contributed by atoms with Gasteiger partial charge in [-0.25, -0.2) is 0 Å². The van der Waals surface area contributed by atoms with Crippen molar-refractivity contribution in [2.24, 2.45) is 11.3 Å². The zero-order valence-electron chi connectivity index (χ0n) is 12.0. The first-order valence-electron chi connectivity index (χ1n) is 7.56. The van der Waals surface area contributed by atoms with E-state index in [1.165, 1.54) is 36.1 Å². The van der Waals surface area contributed by atoms with Crippen molar-refractivity contribution < 1.29 is 9.53 Å². The first-order valence-corrected chi connectivity index (χ1v) is 8.35. The minimum Gasteiger partial charge on any atom is -0.466 e. The predicted octanol–water partition coefficient (Wildman–Crippen LogP) is 3.61. The van der Waals surface area contributed by atoms with E-state index in [-0.39, 0.29) is 5.97 Å². The molecule has 0 radical (unpaired) electrons. The molecule has 0 aromatic heterocycles. The van der Waals surface area contributed by atoms with Crippen molar-refractivity contribution in [3.05, 3.63) is 22.3 Å². The van der Waals surface area contributed by atoms with Gasteiger partial charge in [-0.2, -0.15) is 0 Å². The van der Waals surface area contributed by atoms with E-state index in [0.29, 0.717) is 24.4 Å². The summed E-state index contributed by atoms with van der Waals surface area (Å²) >= 11 is 3.55. The summed E-state index contributed by atoms with van der Waals surface area (Å²) < 4.78 is 6.33. The van der Waals surface area contributed by atoms with Crippen LogP contribution in [0.5, 0.6) is 0 Å². The first-order chi connectivity index (χ1) is 9.60. The smallest absolute Gasteiger partial charge is 0.306 e. The molecule has 1 saturated heterocycles. The topological polar surface area (TPSA) is 29.5 Å². The molecule has 0 bridgehead atoms. The van der Waals surface area contributed by atoms with Gasteiger partial charge in [0.15, 0.2) is 0 Å². The lowest BCUT2D eigenvalue weighted by Gasteiger charge is -2.60. The predicted molar refractivity (Wildman–Crippen MR) is 82.3 cm³/mol. The summed E-state index contributed by atoms with van der Waals surface area (Å²) in [5.41, 5.74) is 1.99. The number of esters is 1. The van der Waals surface area contributed by atoms with Crippen LogP contribution in [-0.2, 0) is 9.53 Å². The minimum atomic E-state index is -0.0199. The summed E-state index contributed by atoms with van der Waals surface area (Å²) in [5.74, 6) is 0.541. The second-order valence-corrected chi connectivity index (χ2v) is 7.43. The first kappa shape index (κ1) is 14.2. The Labute approximate surface area is 129 Å². The molecule has 3 rings (SSSR count). The highest BCUT2D eigenvalue weighted by Crippen LogP contribution is 2.54. The monoisotopic (exact) mass is 339 g/mol. The fourth-order valence-electron chi connectivity index (χ4n) is 3.85. The van der Waals surface area contributed by atoms with E-state index in [4.69, 9.17) is 4.74 Å². The molecule has 1 heterocycles. The lowest BCUT2D eigenvalue weighted by Crippen LogP contribution is -2.61. The molecule has 0 amide bonds. The van der Waals surface area contributed by atoms with E-state index in [0.717, 1.165) is 12.8 Å². The molecule has 3 nitrogen and oxygen atoms in total. The Balaban J connectivity index is 1.42. The third-order valence-electron chi connectivity index (χ3n) is 4.74. The van der Waals surface area contributed by atoms with Crippen LogP contribution in [0.25, 0.3) is 0 Å². The van der Waals surface area contributed by atoms with Gasteiger partial charge in [0.05, 0.1) is 6.61 Å². The Morgan fingerprint density at radius 2 is 2.15 bits per heavy atom. The van der Waals surface area contributed by atoms with Gasteiger partial charge in [-0.05, 0) is 49.1 Å². The summed E-state index contributed by atoms with van der Waals surface area (Å²) in [6.45, 7) is 4.74. The molecule has 2 fully saturated rings. The zero-order valence-corrected chi connectivity index (χ0v) is 13.6. The third-order valence-corrected chi connectivity index (χ3v) is 5.40. The molecule has 0 aromatic rings. The van der Waals surface area contributed by atoms with Gasteiger partial charge in [0, 0.05) is 30.6 Å². The van der Waals surface area contributed by atoms with Crippen molar-refractivity contribution in [3.63, 3.8) is 0 Å². The van der Waals surface area contributed by atoms with E-state index in [1.54, 1.807) is 0 Å². The molecule has 0 aromatic carbocycles. The van der Waals surface area contributed by atoms with Crippen LogP contribution >= 0.6 is 15.9 Å². The fourth-order valence-corrected chi connectivity index (χ4v) is 4.18. The molecule has 4 heteroatoms. The summed E-state index contributed by atoms with van der Waals surface area (Å²) in [6.07, 6.45) is 9.72. The molecular weight excluding hydrogens is 318 g/mol. The van der Waals surface area contributed by atoms with Crippen LogP contribution in [0.15, 0.2) is 22.3 Å². The second kappa shape index (κ2) is 5.55. The number of ether oxygens (including phenoxy) is 1. The van der Waals surface area contributed by atoms with Crippen LogP contribution in [0.2, 0.25) is 0 Å². The van der Waals surface area contributed by atoms with Crippen LogP contribution in [-0.4, -0.2) is 30.6 Å². The maximum Gasteiger partial charge on any atom is 0.306 e. The van der Waals surface area contributed by atoms with Gasteiger partial charge in [-0.3, -0.25) is 4.79 Å². The number of likely N-dealkylation sites (tertiary alicyclic amines) is 1. The third kappa shape index (κ3) is 2.80. The van der Waals surface area contributed by atoms with Crippen LogP contribution in [0.4, 0.5) is 0 Å². The van der Waals surface area contributed by atoms with Crippen molar-refractivity contribution >= 4 is 21.9 Å². The zero-order chi connectivity index (χ0) is 14.2. The number of carbonyl (C=O) groups excluding carboxylic acids is 1. The Bertz CT molecular complexity index is 455. The standard InChI is InChI=1S/C16H22BrNO2/c1-2-20-15(19)7-12-8-16(9-12)10-18(11-16)14-5-3-13(17)4-6-14/h3,5,12H,2,4,6-11H2,1H3. The number of hydrogen-bond donors (Lipinski definition) is 0. The van der Waals surface area contributed by atoms with E-state index >= 15 is 0 Å². The molecule has 1 spiro atoms. The highest BCUT2D eigenvalue weighted by atomic mass is 79.9. The summed E-state index contributed by atoms with van der Waals surface area (Å²) in [7, 11) is 0.